The Balaban J connectivity index is 1.53. The average Bonchev–Trinajstić information content (AvgIpc) is 3.14. The maximum Gasteiger partial charge on any atom is 0.254 e. The summed E-state index contributed by atoms with van der Waals surface area (Å²) < 4.78 is 16.6. The van der Waals surface area contributed by atoms with E-state index in [1.54, 1.807) is 23.1 Å². The van der Waals surface area contributed by atoms with E-state index < -0.39 is 0 Å². The van der Waals surface area contributed by atoms with Crippen LogP contribution in [0.3, 0.4) is 0 Å². The van der Waals surface area contributed by atoms with Crippen molar-refractivity contribution in [1.29, 1.82) is 0 Å². The first-order chi connectivity index (χ1) is 12.6. The van der Waals surface area contributed by atoms with Crippen molar-refractivity contribution < 1.29 is 19.0 Å². The highest BCUT2D eigenvalue weighted by atomic mass is 16.7. The van der Waals surface area contributed by atoms with Crippen molar-refractivity contribution in [2.45, 2.75) is 13.0 Å². The molecule has 0 bridgehead atoms. The first-order valence-corrected chi connectivity index (χ1v) is 8.61. The summed E-state index contributed by atoms with van der Waals surface area (Å²) in [6.07, 6.45) is -0.242. The fourth-order valence-electron chi connectivity index (χ4n) is 3.23. The molecule has 1 atom stereocenters. The molecule has 0 radical (unpaired) electrons. The molecular weight excluding hydrogens is 334 g/mol. The third kappa shape index (κ3) is 3.17. The van der Waals surface area contributed by atoms with Gasteiger partial charge in [-0.2, -0.15) is 0 Å². The van der Waals surface area contributed by atoms with E-state index in [-0.39, 0.29) is 18.8 Å². The van der Waals surface area contributed by atoms with Gasteiger partial charge in [0.15, 0.2) is 11.5 Å². The number of benzene rings is 1. The molecule has 0 saturated carbocycles. The highest BCUT2D eigenvalue weighted by Gasteiger charge is 2.28. The topological polar surface area (TPSA) is 72.9 Å². The van der Waals surface area contributed by atoms with Gasteiger partial charge in [0.1, 0.15) is 6.10 Å². The van der Waals surface area contributed by atoms with E-state index in [0.717, 1.165) is 17.1 Å². The van der Waals surface area contributed by atoms with Gasteiger partial charge in [0.2, 0.25) is 6.79 Å². The Kier molecular flexibility index (Phi) is 4.38. The zero-order valence-corrected chi connectivity index (χ0v) is 14.8. The number of ether oxygens (including phenoxy) is 3. The zero-order valence-electron chi connectivity index (χ0n) is 14.8. The maximum absolute atomic E-state index is 12.9. The van der Waals surface area contributed by atoms with Crippen molar-refractivity contribution in [3.63, 3.8) is 0 Å². The molecular formula is C19H21N3O4. The summed E-state index contributed by atoms with van der Waals surface area (Å²) in [6.45, 7) is 3.63. The predicted molar refractivity (Wildman–Crippen MR) is 95.7 cm³/mol. The predicted octanol–water partition coefficient (Wildman–Crippen LogP) is 2.37. The molecule has 3 heterocycles. The van der Waals surface area contributed by atoms with E-state index in [1.807, 2.05) is 26.1 Å². The molecule has 2 aromatic rings. The molecule has 1 N–H and O–H groups in total. The Morgan fingerprint density at radius 1 is 1.23 bits per heavy atom. The third-order valence-electron chi connectivity index (χ3n) is 4.56. The molecule has 7 heteroatoms. The van der Waals surface area contributed by atoms with E-state index in [9.17, 15) is 4.79 Å². The fourth-order valence-corrected chi connectivity index (χ4v) is 3.23. The van der Waals surface area contributed by atoms with Gasteiger partial charge in [-0.1, -0.05) is 0 Å². The van der Waals surface area contributed by atoms with E-state index in [2.05, 4.69) is 10.3 Å². The Morgan fingerprint density at radius 3 is 2.92 bits per heavy atom. The molecule has 0 spiro atoms. The van der Waals surface area contributed by atoms with Crippen LogP contribution in [0.15, 0.2) is 30.3 Å². The van der Waals surface area contributed by atoms with Crippen LogP contribution in [0.4, 0.5) is 5.69 Å². The number of carbonyl (C=O) groups excluding carboxylic acids is 1. The lowest BCUT2D eigenvalue weighted by Crippen LogP contribution is -2.42. The first kappa shape index (κ1) is 16.7. The number of aryl methyl sites for hydroxylation is 1. The lowest BCUT2D eigenvalue weighted by Gasteiger charge is -2.33. The van der Waals surface area contributed by atoms with Crippen LogP contribution in [-0.4, -0.2) is 49.3 Å². The Labute approximate surface area is 151 Å². The second-order valence-corrected chi connectivity index (χ2v) is 6.35. The quantitative estimate of drug-likeness (QED) is 0.911. The number of aromatic nitrogens is 1. The smallest absolute Gasteiger partial charge is 0.254 e. The lowest BCUT2D eigenvalue weighted by atomic mass is 10.1. The van der Waals surface area contributed by atoms with Crippen LogP contribution in [0.2, 0.25) is 0 Å². The van der Waals surface area contributed by atoms with Gasteiger partial charge in [0.25, 0.3) is 5.91 Å². The van der Waals surface area contributed by atoms with Gasteiger partial charge >= 0.3 is 0 Å². The van der Waals surface area contributed by atoms with Gasteiger partial charge in [-0.3, -0.25) is 9.78 Å². The normalized spacial score (nSPS) is 18.7. The molecule has 26 heavy (non-hydrogen) atoms. The number of morpholine rings is 1. The van der Waals surface area contributed by atoms with Crippen LogP contribution in [0, 0.1) is 6.92 Å². The summed E-state index contributed by atoms with van der Waals surface area (Å²) in [5.74, 6) is 1.24. The molecule has 1 saturated heterocycles. The van der Waals surface area contributed by atoms with Crippen molar-refractivity contribution in [3.05, 3.63) is 47.3 Å². The minimum absolute atomic E-state index is 0.0434. The molecule has 136 valence electrons. The standard InChI is InChI=1S/C19H21N3O4/c1-12-7-14(20-2)9-15(21-12)18-10-22(5-6-24-18)19(23)13-3-4-16-17(8-13)26-11-25-16/h3-4,7-9,18H,5-6,10-11H2,1-2H3,(H,20,21)/t18-/m1/s1. The molecule has 0 aliphatic carbocycles. The number of hydrogen-bond acceptors (Lipinski definition) is 6. The fraction of sp³-hybridized carbons (Fsp3) is 0.368. The second-order valence-electron chi connectivity index (χ2n) is 6.35. The number of anilines is 1. The number of rotatable bonds is 3. The number of nitrogens with one attached hydrogen (secondary N) is 1. The van der Waals surface area contributed by atoms with Gasteiger partial charge in [0.05, 0.1) is 18.8 Å². The van der Waals surface area contributed by atoms with Crippen LogP contribution >= 0.6 is 0 Å². The molecule has 4 rings (SSSR count). The number of pyridine rings is 1. The van der Waals surface area contributed by atoms with Gasteiger partial charge < -0.3 is 24.4 Å². The summed E-state index contributed by atoms with van der Waals surface area (Å²) in [6, 6.07) is 9.21. The Bertz CT molecular complexity index is 840. The molecule has 2 aliphatic rings. The Morgan fingerprint density at radius 2 is 2.08 bits per heavy atom. The highest BCUT2D eigenvalue weighted by Crippen LogP contribution is 2.33. The Hall–Kier alpha value is -2.80. The molecule has 2 aliphatic heterocycles. The van der Waals surface area contributed by atoms with Crippen molar-refractivity contribution in [1.82, 2.24) is 9.88 Å². The number of hydrogen-bond donors (Lipinski definition) is 1. The number of nitrogens with zero attached hydrogens (tertiary/aromatic N) is 2. The average molecular weight is 355 g/mol. The van der Waals surface area contributed by atoms with Gasteiger partial charge in [-0.25, -0.2) is 0 Å². The summed E-state index contributed by atoms with van der Waals surface area (Å²) in [5.41, 5.74) is 3.31. The van der Waals surface area contributed by atoms with Crippen LogP contribution in [0.5, 0.6) is 11.5 Å². The SMILES string of the molecule is CNc1cc(C)nc([C@H]2CN(C(=O)c3ccc4c(c3)OCO4)CCO2)c1. The molecule has 7 nitrogen and oxygen atoms in total. The van der Waals surface area contributed by atoms with E-state index in [0.29, 0.717) is 36.8 Å². The van der Waals surface area contributed by atoms with Crippen LogP contribution in [-0.2, 0) is 4.74 Å². The van der Waals surface area contributed by atoms with Crippen LogP contribution < -0.4 is 14.8 Å². The molecule has 1 aromatic carbocycles. The number of fused-ring (bicyclic) bond motifs is 1. The van der Waals surface area contributed by atoms with Crippen molar-refractivity contribution >= 4 is 11.6 Å². The van der Waals surface area contributed by atoms with Crippen molar-refractivity contribution in [3.8, 4) is 11.5 Å². The molecule has 1 aromatic heterocycles. The summed E-state index contributed by atoms with van der Waals surface area (Å²) in [7, 11) is 1.87. The maximum atomic E-state index is 12.9. The summed E-state index contributed by atoms with van der Waals surface area (Å²) in [5, 5.41) is 3.13. The van der Waals surface area contributed by atoms with E-state index >= 15 is 0 Å². The first-order valence-electron chi connectivity index (χ1n) is 8.61. The van der Waals surface area contributed by atoms with Gasteiger partial charge in [-0.05, 0) is 37.3 Å². The third-order valence-corrected chi connectivity index (χ3v) is 4.56. The molecule has 1 amide bonds. The molecule has 1 fully saturated rings. The minimum Gasteiger partial charge on any atom is -0.454 e. The van der Waals surface area contributed by atoms with Crippen molar-refractivity contribution in [2.75, 3.05) is 38.9 Å². The summed E-state index contributed by atoms with van der Waals surface area (Å²) in [4.78, 5) is 19.3. The molecule has 0 unspecified atom stereocenters. The number of amides is 1. The van der Waals surface area contributed by atoms with Crippen LogP contribution in [0.1, 0.15) is 27.8 Å². The van der Waals surface area contributed by atoms with E-state index in [4.69, 9.17) is 14.2 Å². The summed E-state index contributed by atoms with van der Waals surface area (Å²) >= 11 is 0. The van der Waals surface area contributed by atoms with Crippen molar-refractivity contribution in [2.24, 2.45) is 0 Å². The highest BCUT2D eigenvalue weighted by molar-refractivity contribution is 5.95. The number of carbonyl (C=O) groups is 1. The minimum atomic E-state index is -0.242. The van der Waals surface area contributed by atoms with Gasteiger partial charge in [-0.15, -0.1) is 0 Å². The van der Waals surface area contributed by atoms with Crippen LogP contribution in [0.25, 0.3) is 0 Å². The monoisotopic (exact) mass is 355 g/mol. The van der Waals surface area contributed by atoms with E-state index in [1.165, 1.54) is 0 Å². The largest absolute Gasteiger partial charge is 0.454 e. The van der Waals surface area contributed by atoms with Gasteiger partial charge in [0, 0.05) is 30.5 Å². The lowest BCUT2D eigenvalue weighted by molar-refractivity contribution is -0.0247. The second kappa shape index (κ2) is 6.84. The zero-order chi connectivity index (χ0) is 18.1.